The Bertz CT molecular complexity index is 1150. The summed E-state index contributed by atoms with van der Waals surface area (Å²) in [5, 5.41) is 2.61. The summed E-state index contributed by atoms with van der Waals surface area (Å²) in [5.74, 6) is -2.48. The van der Waals surface area contributed by atoms with Crippen molar-refractivity contribution in [1.82, 2.24) is 0 Å². The van der Waals surface area contributed by atoms with Crippen molar-refractivity contribution in [3.05, 3.63) is 78.4 Å². The number of anilines is 2. The molecule has 31 heavy (non-hydrogen) atoms. The number of hydrogen-bond donors (Lipinski definition) is 2. The van der Waals surface area contributed by atoms with Crippen LogP contribution in [0.3, 0.4) is 0 Å². The molecule has 0 bridgehead atoms. The zero-order valence-electron chi connectivity index (χ0n) is 16.2. The SMILES string of the molecule is COc1ccc(NS(=O)(=O)c2cccc(C(=O)Nc3ccc(SC(F)F)cc3)c2)cc1. The van der Waals surface area contributed by atoms with Crippen LogP contribution in [-0.2, 0) is 10.0 Å². The van der Waals surface area contributed by atoms with Gasteiger partial charge in [0, 0.05) is 21.8 Å². The molecule has 162 valence electrons. The Morgan fingerprint density at radius 1 is 0.968 bits per heavy atom. The van der Waals surface area contributed by atoms with Gasteiger partial charge in [0.2, 0.25) is 0 Å². The van der Waals surface area contributed by atoms with Crippen molar-refractivity contribution in [3.63, 3.8) is 0 Å². The Morgan fingerprint density at radius 3 is 2.23 bits per heavy atom. The number of halogens is 2. The Balaban J connectivity index is 1.72. The van der Waals surface area contributed by atoms with E-state index >= 15 is 0 Å². The molecule has 0 aliphatic rings. The van der Waals surface area contributed by atoms with Crippen LogP contribution in [0.2, 0.25) is 0 Å². The number of thioether (sulfide) groups is 1. The van der Waals surface area contributed by atoms with Gasteiger partial charge in [0.15, 0.2) is 0 Å². The molecule has 3 aromatic carbocycles. The van der Waals surface area contributed by atoms with Gasteiger partial charge in [0.1, 0.15) is 5.75 Å². The van der Waals surface area contributed by atoms with Crippen LogP contribution in [0.1, 0.15) is 10.4 Å². The molecule has 0 spiro atoms. The fraction of sp³-hybridized carbons (Fsp3) is 0.0952. The van der Waals surface area contributed by atoms with Gasteiger partial charge in [-0.3, -0.25) is 9.52 Å². The standard InChI is InChI=1S/C21H18F2N2O4S2/c1-29-17-9-5-16(6-10-17)25-31(27,28)19-4-2-3-14(13-19)20(26)24-15-7-11-18(12-8-15)30-21(22)23/h2-13,21,25H,1H3,(H,24,26). The van der Waals surface area contributed by atoms with Gasteiger partial charge in [0.05, 0.1) is 12.0 Å². The molecule has 0 saturated carbocycles. The fourth-order valence-electron chi connectivity index (χ4n) is 2.60. The average Bonchev–Trinajstić information content (AvgIpc) is 2.75. The fourth-order valence-corrected chi connectivity index (χ4v) is 4.20. The second-order valence-electron chi connectivity index (χ2n) is 6.22. The van der Waals surface area contributed by atoms with Crippen molar-refractivity contribution in [2.24, 2.45) is 0 Å². The third-order valence-corrected chi connectivity index (χ3v) is 6.19. The number of rotatable bonds is 8. The molecule has 0 fully saturated rings. The van der Waals surface area contributed by atoms with Crippen molar-refractivity contribution in [2.45, 2.75) is 15.5 Å². The minimum atomic E-state index is -3.92. The highest BCUT2D eigenvalue weighted by atomic mass is 32.2. The number of methoxy groups -OCH3 is 1. The summed E-state index contributed by atoms with van der Waals surface area (Å²) >= 11 is 0.403. The van der Waals surface area contributed by atoms with Crippen LogP contribution < -0.4 is 14.8 Å². The van der Waals surface area contributed by atoms with Crippen molar-refractivity contribution in [2.75, 3.05) is 17.1 Å². The normalized spacial score (nSPS) is 11.2. The van der Waals surface area contributed by atoms with Crippen LogP contribution >= 0.6 is 11.8 Å². The quantitative estimate of drug-likeness (QED) is 0.455. The van der Waals surface area contributed by atoms with E-state index in [1.807, 2.05) is 0 Å². The van der Waals surface area contributed by atoms with Crippen molar-refractivity contribution >= 4 is 39.1 Å². The van der Waals surface area contributed by atoms with Crippen LogP contribution in [0.25, 0.3) is 0 Å². The third-order valence-electron chi connectivity index (χ3n) is 4.09. The maximum absolute atomic E-state index is 12.7. The second-order valence-corrected chi connectivity index (χ2v) is 8.96. The largest absolute Gasteiger partial charge is 0.497 e. The van der Waals surface area contributed by atoms with E-state index in [2.05, 4.69) is 10.0 Å². The lowest BCUT2D eigenvalue weighted by Gasteiger charge is -2.11. The van der Waals surface area contributed by atoms with E-state index in [4.69, 9.17) is 4.74 Å². The predicted molar refractivity (Wildman–Crippen MR) is 117 cm³/mol. The predicted octanol–water partition coefficient (Wildman–Crippen LogP) is 5.06. The average molecular weight is 465 g/mol. The first-order valence-corrected chi connectivity index (χ1v) is 11.3. The minimum absolute atomic E-state index is 0.0837. The first kappa shape index (κ1) is 22.6. The van der Waals surface area contributed by atoms with E-state index in [0.29, 0.717) is 33.8 Å². The second kappa shape index (κ2) is 9.80. The molecule has 0 radical (unpaired) electrons. The van der Waals surface area contributed by atoms with E-state index in [1.54, 1.807) is 24.3 Å². The van der Waals surface area contributed by atoms with Crippen molar-refractivity contribution in [1.29, 1.82) is 0 Å². The number of hydrogen-bond acceptors (Lipinski definition) is 5. The van der Waals surface area contributed by atoms with Gasteiger partial charge in [-0.15, -0.1) is 0 Å². The lowest BCUT2D eigenvalue weighted by molar-refractivity contribution is 0.102. The van der Waals surface area contributed by atoms with E-state index in [9.17, 15) is 22.0 Å². The van der Waals surface area contributed by atoms with E-state index in [-0.39, 0.29) is 10.5 Å². The number of carbonyl (C=O) groups is 1. The van der Waals surface area contributed by atoms with E-state index in [1.165, 1.54) is 55.6 Å². The number of amides is 1. The molecule has 6 nitrogen and oxygen atoms in total. The number of alkyl halides is 2. The summed E-state index contributed by atoms with van der Waals surface area (Å²) in [5.41, 5.74) is 0.870. The Hall–Kier alpha value is -3.11. The van der Waals surface area contributed by atoms with Gasteiger partial charge in [0.25, 0.3) is 21.7 Å². The Labute approximate surface area is 182 Å². The molecule has 0 aliphatic heterocycles. The highest BCUT2D eigenvalue weighted by Crippen LogP contribution is 2.26. The van der Waals surface area contributed by atoms with Crippen LogP contribution in [0.4, 0.5) is 20.2 Å². The molecular formula is C21H18F2N2O4S2. The zero-order chi connectivity index (χ0) is 22.4. The summed E-state index contributed by atoms with van der Waals surface area (Å²) in [6.07, 6.45) is 0. The highest BCUT2D eigenvalue weighted by molar-refractivity contribution is 7.99. The molecule has 1 amide bonds. The number of sulfonamides is 1. The molecule has 0 aliphatic carbocycles. The Morgan fingerprint density at radius 2 is 1.61 bits per heavy atom. The Kier molecular flexibility index (Phi) is 7.13. The molecule has 0 saturated heterocycles. The lowest BCUT2D eigenvalue weighted by atomic mass is 10.2. The maximum Gasteiger partial charge on any atom is 0.288 e. The zero-order valence-corrected chi connectivity index (χ0v) is 17.8. The van der Waals surface area contributed by atoms with Crippen LogP contribution in [0, 0.1) is 0 Å². The molecule has 3 rings (SSSR count). The van der Waals surface area contributed by atoms with Crippen molar-refractivity contribution < 1.29 is 26.7 Å². The summed E-state index contributed by atoms with van der Waals surface area (Å²) in [4.78, 5) is 12.8. The van der Waals surface area contributed by atoms with Crippen LogP contribution in [0.5, 0.6) is 5.75 Å². The van der Waals surface area contributed by atoms with Crippen molar-refractivity contribution in [3.8, 4) is 5.75 Å². The first-order chi connectivity index (χ1) is 14.8. The summed E-state index contributed by atoms with van der Waals surface area (Å²) in [7, 11) is -2.42. The molecule has 0 unspecified atom stereocenters. The van der Waals surface area contributed by atoms with Gasteiger partial charge >= 0.3 is 0 Å². The van der Waals surface area contributed by atoms with Gasteiger partial charge < -0.3 is 10.1 Å². The minimum Gasteiger partial charge on any atom is -0.497 e. The number of carbonyl (C=O) groups excluding carboxylic acids is 1. The molecule has 0 aromatic heterocycles. The third kappa shape index (κ3) is 6.19. The summed E-state index contributed by atoms with van der Waals surface area (Å²) < 4.78 is 57.6. The lowest BCUT2D eigenvalue weighted by Crippen LogP contribution is -2.16. The molecule has 0 atom stereocenters. The van der Waals surface area contributed by atoms with Gasteiger partial charge in [-0.1, -0.05) is 17.8 Å². The number of ether oxygens (including phenoxy) is 1. The van der Waals surface area contributed by atoms with E-state index in [0.717, 1.165) is 0 Å². The molecule has 3 aromatic rings. The highest BCUT2D eigenvalue weighted by Gasteiger charge is 2.17. The topological polar surface area (TPSA) is 84.5 Å². The van der Waals surface area contributed by atoms with Crippen LogP contribution in [-0.4, -0.2) is 27.2 Å². The van der Waals surface area contributed by atoms with Crippen LogP contribution in [0.15, 0.2) is 82.6 Å². The molecular weight excluding hydrogens is 446 g/mol. The molecule has 0 heterocycles. The monoisotopic (exact) mass is 464 g/mol. The smallest absolute Gasteiger partial charge is 0.288 e. The van der Waals surface area contributed by atoms with Gasteiger partial charge in [-0.2, -0.15) is 8.78 Å². The maximum atomic E-state index is 12.7. The summed E-state index contributed by atoms with van der Waals surface area (Å²) in [6, 6.07) is 17.8. The number of benzene rings is 3. The summed E-state index contributed by atoms with van der Waals surface area (Å²) in [6.45, 7) is 0. The number of nitrogens with one attached hydrogen (secondary N) is 2. The van der Waals surface area contributed by atoms with E-state index < -0.39 is 21.7 Å². The van der Waals surface area contributed by atoms with Gasteiger partial charge in [-0.05, 0) is 66.7 Å². The van der Waals surface area contributed by atoms with Gasteiger partial charge in [-0.25, -0.2) is 8.42 Å². The first-order valence-electron chi connectivity index (χ1n) is 8.90. The molecule has 10 heteroatoms. The molecule has 2 N–H and O–H groups in total.